The summed E-state index contributed by atoms with van der Waals surface area (Å²) in [5.41, 5.74) is 5.99. The van der Waals surface area contributed by atoms with Crippen molar-refractivity contribution in [3.05, 3.63) is 90.0 Å². The number of nitrogens with zero attached hydrogens (tertiary/aromatic N) is 3. The van der Waals surface area contributed by atoms with Crippen molar-refractivity contribution >= 4 is 29.4 Å². The van der Waals surface area contributed by atoms with E-state index in [2.05, 4.69) is 25.9 Å². The summed E-state index contributed by atoms with van der Waals surface area (Å²) in [6, 6.07) is 7.34. The van der Waals surface area contributed by atoms with Crippen molar-refractivity contribution in [2.75, 3.05) is 11.9 Å². The van der Waals surface area contributed by atoms with E-state index in [9.17, 15) is 28.0 Å². The van der Waals surface area contributed by atoms with Crippen molar-refractivity contribution in [1.82, 2.24) is 25.5 Å². The van der Waals surface area contributed by atoms with Crippen molar-refractivity contribution in [3.8, 4) is 0 Å². The van der Waals surface area contributed by atoms with Gasteiger partial charge in [0.05, 0.1) is 17.9 Å². The van der Waals surface area contributed by atoms with Gasteiger partial charge in [0.2, 0.25) is 11.8 Å². The fourth-order valence-electron chi connectivity index (χ4n) is 4.30. The zero-order valence-electron chi connectivity index (χ0n) is 20.5. The molecule has 0 bridgehead atoms. The van der Waals surface area contributed by atoms with E-state index in [1.165, 1.54) is 23.5 Å². The highest BCUT2D eigenvalue weighted by molar-refractivity contribution is 5.98. The topological polar surface area (TPSA) is 159 Å². The van der Waals surface area contributed by atoms with Gasteiger partial charge in [0.15, 0.2) is 0 Å². The fourth-order valence-corrected chi connectivity index (χ4v) is 4.30. The highest BCUT2D eigenvalue weighted by Gasteiger charge is 2.44. The Hall–Kier alpha value is -4.94. The zero-order chi connectivity index (χ0) is 27.9. The minimum atomic E-state index is -1.26. The fraction of sp³-hybridized carbons (Fsp3) is 0.231. The van der Waals surface area contributed by atoms with Crippen LogP contribution in [0.1, 0.15) is 22.5 Å². The molecule has 3 aromatic rings. The van der Waals surface area contributed by atoms with Crippen molar-refractivity contribution in [2.24, 2.45) is 5.73 Å². The SMILES string of the molecule is NC(=O)[C@@H](Cc1ccccc1)NC(=O)[C@@H]1[C@@H](NC(=O)Nc2ccc(F)cc2F)CCN1C(=O)c1cnccn1. The molecule has 0 aliphatic carbocycles. The van der Waals surface area contributed by atoms with Gasteiger partial charge in [-0.25, -0.2) is 18.6 Å². The monoisotopic (exact) mass is 537 g/mol. The molecule has 0 unspecified atom stereocenters. The molecule has 5 N–H and O–H groups in total. The van der Waals surface area contributed by atoms with Gasteiger partial charge in [-0.05, 0) is 24.1 Å². The third-order valence-electron chi connectivity index (χ3n) is 6.15. The van der Waals surface area contributed by atoms with E-state index >= 15 is 0 Å². The summed E-state index contributed by atoms with van der Waals surface area (Å²) >= 11 is 0. The Morgan fingerprint density at radius 1 is 1.08 bits per heavy atom. The molecule has 4 rings (SSSR count). The van der Waals surface area contributed by atoms with Crippen LogP contribution in [0, 0.1) is 11.6 Å². The number of hydrogen-bond acceptors (Lipinski definition) is 6. The van der Waals surface area contributed by atoms with Gasteiger partial charge >= 0.3 is 6.03 Å². The van der Waals surface area contributed by atoms with Gasteiger partial charge in [-0.1, -0.05) is 30.3 Å². The zero-order valence-corrected chi connectivity index (χ0v) is 20.5. The molecule has 1 saturated heterocycles. The number of urea groups is 1. The molecule has 39 heavy (non-hydrogen) atoms. The molecule has 0 spiro atoms. The van der Waals surface area contributed by atoms with Crippen LogP contribution in [0.25, 0.3) is 0 Å². The number of carbonyl (C=O) groups is 4. The van der Waals surface area contributed by atoms with Gasteiger partial charge in [0, 0.05) is 31.4 Å². The lowest BCUT2D eigenvalue weighted by atomic mass is 10.0. The first-order valence-electron chi connectivity index (χ1n) is 12.0. The maximum Gasteiger partial charge on any atom is 0.319 e. The van der Waals surface area contributed by atoms with Gasteiger partial charge in [0.1, 0.15) is 29.4 Å². The molecule has 1 aliphatic heterocycles. The molecular formula is C26H25F2N7O4. The number of anilines is 1. The van der Waals surface area contributed by atoms with Gasteiger partial charge in [-0.15, -0.1) is 0 Å². The summed E-state index contributed by atoms with van der Waals surface area (Å²) < 4.78 is 27.2. The van der Waals surface area contributed by atoms with Crippen molar-refractivity contribution in [1.29, 1.82) is 0 Å². The summed E-state index contributed by atoms with van der Waals surface area (Å²) in [6.07, 6.45) is 4.21. The van der Waals surface area contributed by atoms with Crippen LogP contribution in [-0.2, 0) is 16.0 Å². The standard InChI is InChI=1S/C26H25F2N7O4/c27-16-6-7-18(17(28)13-16)33-26(39)34-19-8-11-35(25(38)21-14-30-9-10-31-21)22(19)24(37)32-20(23(29)36)12-15-4-2-1-3-5-15/h1-7,9-10,13-14,19-20,22H,8,11-12H2,(H2,29,36)(H,32,37)(H2,33,34,39)/t19-,20+,22-/m0/s1. The Balaban J connectivity index is 1.55. The summed E-state index contributed by atoms with van der Waals surface area (Å²) in [7, 11) is 0. The molecule has 2 aromatic carbocycles. The van der Waals surface area contributed by atoms with Crippen LogP contribution < -0.4 is 21.7 Å². The van der Waals surface area contributed by atoms with Gasteiger partial charge in [-0.2, -0.15) is 0 Å². The molecule has 0 saturated carbocycles. The number of carbonyl (C=O) groups excluding carboxylic acids is 4. The number of primary amides is 1. The average molecular weight is 538 g/mol. The maximum absolute atomic E-state index is 14.0. The molecule has 202 valence electrons. The van der Waals surface area contributed by atoms with Gasteiger partial charge in [-0.3, -0.25) is 19.4 Å². The maximum atomic E-state index is 14.0. The molecule has 1 aromatic heterocycles. The molecule has 13 heteroatoms. The largest absolute Gasteiger partial charge is 0.368 e. The van der Waals surface area contributed by atoms with E-state index in [0.717, 1.165) is 17.7 Å². The van der Waals surface area contributed by atoms with Crippen LogP contribution in [0.4, 0.5) is 19.3 Å². The lowest BCUT2D eigenvalue weighted by Crippen LogP contribution is -2.58. The predicted molar refractivity (Wildman–Crippen MR) is 135 cm³/mol. The number of benzene rings is 2. The van der Waals surface area contributed by atoms with E-state index in [1.807, 2.05) is 0 Å². The first-order chi connectivity index (χ1) is 18.7. The summed E-state index contributed by atoms with van der Waals surface area (Å²) in [6.45, 7) is 0.0588. The summed E-state index contributed by atoms with van der Waals surface area (Å²) in [5.74, 6) is -3.94. The smallest absolute Gasteiger partial charge is 0.319 e. The number of hydrogen-bond donors (Lipinski definition) is 4. The number of nitrogens with two attached hydrogens (primary N) is 1. The molecule has 1 aliphatic rings. The summed E-state index contributed by atoms with van der Waals surface area (Å²) in [4.78, 5) is 60.7. The molecule has 0 radical (unpaired) electrons. The third kappa shape index (κ3) is 6.69. The first kappa shape index (κ1) is 27.1. The second kappa shape index (κ2) is 12.1. The Labute approximate surface area is 221 Å². The summed E-state index contributed by atoms with van der Waals surface area (Å²) in [5, 5.41) is 7.43. The minimum absolute atomic E-state index is 0.0236. The molecule has 11 nitrogen and oxygen atoms in total. The molecule has 1 fully saturated rings. The second-order valence-corrected chi connectivity index (χ2v) is 8.81. The number of likely N-dealkylation sites (tertiary alicyclic amines) is 1. The van der Waals surface area contributed by atoms with Crippen molar-refractivity contribution < 1.29 is 28.0 Å². The highest BCUT2D eigenvalue weighted by atomic mass is 19.1. The van der Waals surface area contributed by atoms with Crippen LogP contribution in [0.15, 0.2) is 67.1 Å². The minimum Gasteiger partial charge on any atom is -0.368 e. The van der Waals surface area contributed by atoms with E-state index in [4.69, 9.17) is 5.73 Å². The first-order valence-corrected chi connectivity index (χ1v) is 12.0. The normalized spacial score (nSPS) is 17.2. The third-order valence-corrected chi connectivity index (χ3v) is 6.15. The molecule has 3 atom stereocenters. The predicted octanol–water partition coefficient (Wildman–Crippen LogP) is 1.37. The Bertz CT molecular complexity index is 1360. The van der Waals surface area contributed by atoms with Crippen LogP contribution in [0.5, 0.6) is 0 Å². The Kier molecular flexibility index (Phi) is 8.39. The van der Waals surface area contributed by atoms with Crippen LogP contribution in [0.2, 0.25) is 0 Å². The van der Waals surface area contributed by atoms with Crippen molar-refractivity contribution in [3.63, 3.8) is 0 Å². The van der Waals surface area contributed by atoms with Crippen molar-refractivity contribution in [2.45, 2.75) is 31.0 Å². The van der Waals surface area contributed by atoms with Crippen LogP contribution >= 0.6 is 0 Å². The Morgan fingerprint density at radius 3 is 2.51 bits per heavy atom. The molecule has 5 amide bonds. The number of rotatable bonds is 8. The number of amides is 5. The van der Waals surface area contributed by atoms with Crippen LogP contribution in [0.3, 0.4) is 0 Å². The number of aromatic nitrogens is 2. The highest BCUT2D eigenvalue weighted by Crippen LogP contribution is 2.22. The lowest BCUT2D eigenvalue weighted by molar-refractivity contribution is -0.130. The lowest BCUT2D eigenvalue weighted by Gasteiger charge is -2.29. The second-order valence-electron chi connectivity index (χ2n) is 8.81. The van der Waals surface area contributed by atoms with Gasteiger partial charge in [0.25, 0.3) is 5.91 Å². The van der Waals surface area contributed by atoms with Gasteiger partial charge < -0.3 is 26.6 Å². The van der Waals surface area contributed by atoms with E-state index in [0.29, 0.717) is 6.07 Å². The Morgan fingerprint density at radius 2 is 1.85 bits per heavy atom. The molecular weight excluding hydrogens is 512 g/mol. The molecule has 2 heterocycles. The van der Waals surface area contributed by atoms with E-state index in [1.54, 1.807) is 30.3 Å². The quantitative estimate of drug-likeness (QED) is 0.340. The van der Waals surface area contributed by atoms with Crippen LogP contribution in [-0.4, -0.2) is 63.3 Å². The average Bonchev–Trinajstić information content (AvgIpc) is 3.33. The van der Waals surface area contributed by atoms with E-state index in [-0.39, 0.29) is 30.8 Å². The van der Waals surface area contributed by atoms with E-state index < -0.39 is 53.5 Å². The number of halogens is 2. The number of nitrogens with one attached hydrogen (secondary N) is 3.